The molecule has 0 aromatic carbocycles. The smallest absolute Gasteiger partial charge is 0.302 e. The average Bonchev–Trinajstić information content (AvgIpc) is 3.45. The van der Waals surface area contributed by atoms with Gasteiger partial charge >= 0.3 is 5.97 Å². The van der Waals surface area contributed by atoms with Crippen molar-refractivity contribution >= 4 is 5.97 Å². The molecular weight excluding hydrogens is 396 g/mol. The summed E-state index contributed by atoms with van der Waals surface area (Å²) < 4.78 is 31.4. The Morgan fingerprint density at radius 1 is 0.871 bits per heavy atom. The summed E-state index contributed by atoms with van der Waals surface area (Å²) >= 11 is 0. The zero-order valence-corrected chi connectivity index (χ0v) is 19.3. The Hall–Kier alpha value is -0.690. The van der Waals surface area contributed by atoms with Crippen LogP contribution in [0.3, 0.4) is 0 Å². The van der Waals surface area contributed by atoms with Gasteiger partial charge in [-0.1, -0.05) is 13.8 Å². The van der Waals surface area contributed by atoms with Gasteiger partial charge in [0.1, 0.15) is 6.10 Å². The minimum absolute atomic E-state index is 0.0190. The van der Waals surface area contributed by atoms with Crippen LogP contribution >= 0.6 is 0 Å². The molecule has 6 rings (SSSR count). The van der Waals surface area contributed by atoms with Crippen LogP contribution in [0.25, 0.3) is 0 Å². The SMILES string of the molecule is CC(=O)OC1CCC2(C)C(C1)CC1(OCCO1)C1C2CCC2(C)C1CCC21OCCO1. The van der Waals surface area contributed by atoms with Crippen LogP contribution in [0.1, 0.15) is 72.1 Å². The number of hydrogen-bond donors (Lipinski definition) is 0. The first-order valence-electron chi connectivity index (χ1n) is 12.6. The monoisotopic (exact) mass is 434 g/mol. The molecule has 0 aromatic rings. The van der Waals surface area contributed by atoms with Crippen LogP contribution in [0.2, 0.25) is 0 Å². The van der Waals surface area contributed by atoms with Gasteiger partial charge in [-0.25, -0.2) is 0 Å². The molecule has 2 saturated heterocycles. The van der Waals surface area contributed by atoms with Gasteiger partial charge in [-0.3, -0.25) is 4.79 Å². The summed E-state index contributed by atoms with van der Waals surface area (Å²) in [7, 11) is 0. The van der Waals surface area contributed by atoms with E-state index in [-0.39, 0.29) is 22.9 Å². The second-order valence-electron chi connectivity index (χ2n) is 11.6. The van der Waals surface area contributed by atoms with E-state index in [1.807, 2.05) is 0 Å². The fourth-order valence-electron chi connectivity index (χ4n) is 9.17. The van der Waals surface area contributed by atoms with Crippen LogP contribution in [0.4, 0.5) is 0 Å². The molecule has 2 spiro atoms. The number of esters is 1. The van der Waals surface area contributed by atoms with Gasteiger partial charge in [0.2, 0.25) is 0 Å². The number of carbonyl (C=O) groups is 1. The number of ether oxygens (including phenoxy) is 5. The van der Waals surface area contributed by atoms with Gasteiger partial charge in [0.05, 0.1) is 26.4 Å². The highest BCUT2D eigenvalue weighted by Crippen LogP contribution is 2.72. The van der Waals surface area contributed by atoms with E-state index in [1.165, 1.54) is 13.3 Å². The lowest BCUT2D eigenvalue weighted by Gasteiger charge is -2.65. The molecule has 0 radical (unpaired) electrons. The lowest BCUT2D eigenvalue weighted by atomic mass is 9.43. The first-order chi connectivity index (χ1) is 14.8. The highest BCUT2D eigenvalue weighted by Gasteiger charge is 2.72. The van der Waals surface area contributed by atoms with E-state index in [0.717, 1.165) is 44.9 Å². The normalized spacial score (nSPS) is 49.6. The molecular formula is C25H38O6. The van der Waals surface area contributed by atoms with Crippen LogP contribution in [0.15, 0.2) is 0 Å². The van der Waals surface area contributed by atoms with E-state index in [2.05, 4.69) is 13.8 Å². The lowest BCUT2D eigenvalue weighted by Crippen LogP contribution is -2.65. The van der Waals surface area contributed by atoms with Crippen molar-refractivity contribution in [1.82, 2.24) is 0 Å². The molecule has 7 atom stereocenters. The summed E-state index contributed by atoms with van der Waals surface area (Å²) in [6.07, 6.45) is 8.42. The minimum atomic E-state index is -0.497. The maximum Gasteiger partial charge on any atom is 0.302 e. The topological polar surface area (TPSA) is 63.2 Å². The van der Waals surface area contributed by atoms with Crippen molar-refractivity contribution in [2.45, 2.75) is 89.8 Å². The number of carbonyl (C=O) groups excluding carboxylic acids is 1. The summed E-state index contributed by atoms with van der Waals surface area (Å²) in [6, 6.07) is 0. The first kappa shape index (κ1) is 20.9. The zero-order valence-electron chi connectivity index (χ0n) is 19.3. The maximum absolute atomic E-state index is 11.6. The highest BCUT2D eigenvalue weighted by molar-refractivity contribution is 5.66. The number of rotatable bonds is 1. The molecule has 6 heteroatoms. The third-order valence-corrected chi connectivity index (χ3v) is 10.5. The number of hydrogen-bond acceptors (Lipinski definition) is 6. The first-order valence-corrected chi connectivity index (χ1v) is 12.6. The van der Waals surface area contributed by atoms with Gasteiger partial charge in [0.15, 0.2) is 11.6 Å². The minimum Gasteiger partial charge on any atom is -0.463 e. The van der Waals surface area contributed by atoms with E-state index in [9.17, 15) is 4.79 Å². The molecule has 0 bridgehead atoms. The van der Waals surface area contributed by atoms with Crippen molar-refractivity contribution in [3.63, 3.8) is 0 Å². The summed E-state index contributed by atoms with van der Waals surface area (Å²) in [4.78, 5) is 11.6. The van der Waals surface area contributed by atoms with Crippen molar-refractivity contribution in [2.75, 3.05) is 26.4 Å². The van der Waals surface area contributed by atoms with Crippen LogP contribution in [0, 0.1) is 34.5 Å². The van der Waals surface area contributed by atoms with E-state index in [0.29, 0.717) is 50.1 Å². The van der Waals surface area contributed by atoms with Gasteiger partial charge < -0.3 is 23.7 Å². The van der Waals surface area contributed by atoms with Gasteiger partial charge in [0, 0.05) is 31.1 Å². The Morgan fingerprint density at radius 3 is 2.26 bits per heavy atom. The molecule has 6 aliphatic rings. The Labute approximate surface area is 185 Å². The molecule has 174 valence electrons. The fraction of sp³-hybridized carbons (Fsp3) is 0.960. The third kappa shape index (κ3) is 2.74. The standard InChI is InChI=1S/C25H38O6/c1-16(26)31-18-4-7-22(2)17(14-18)15-24(27-10-11-28-24)21-19(22)5-8-23(3)20(21)6-9-25(23)29-12-13-30-25/h17-21H,4-15H2,1-3H3. The van der Waals surface area contributed by atoms with Gasteiger partial charge in [-0.05, 0) is 61.7 Å². The van der Waals surface area contributed by atoms with E-state index < -0.39 is 11.6 Å². The number of fused-ring (bicyclic) bond motifs is 7. The Balaban J connectivity index is 1.36. The summed E-state index contributed by atoms with van der Waals surface area (Å²) in [5, 5.41) is 0. The molecule has 2 heterocycles. The summed E-state index contributed by atoms with van der Waals surface area (Å²) in [6.45, 7) is 9.25. The average molecular weight is 435 g/mol. The Bertz CT molecular complexity index is 740. The molecule has 0 amide bonds. The van der Waals surface area contributed by atoms with Gasteiger partial charge in [0.25, 0.3) is 0 Å². The Kier molecular flexibility index (Phi) is 4.65. The predicted octanol–water partition coefficient (Wildman–Crippen LogP) is 4.06. The molecule has 6 fully saturated rings. The van der Waals surface area contributed by atoms with Crippen molar-refractivity contribution in [3.8, 4) is 0 Å². The van der Waals surface area contributed by atoms with Crippen molar-refractivity contribution in [2.24, 2.45) is 34.5 Å². The maximum atomic E-state index is 11.6. The molecule has 4 saturated carbocycles. The second kappa shape index (κ2) is 6.91. The predicted molar refractivity (Wildman–Crippen MR) is 112 cm³/mol. The molecule has 4 aliphatic carbocycles. The van der Waals surface area contributed by atoms with E-state index >= 15 is 0 Å². The largest absolute Gasteiger partial charge is 0.463 e. The molecule has 6 nitrogen and oxygen atoms in total. The highest BCUT2D eigenvalue weighted by atomic mass is 16.7. The van der Waals surface area contributed by atoms with Crippen LogP contribution < -0.4 is 0 Å². The summed E-state index contributed by atoms with van der Waals surface area (Å²) in [5.74, 6) is 0.836. The summed E-state index contributed by atoms with van der Waals surface area (Å²) in [5.41, 5.74) is 0.265. The van der Waals surface area contributed by atoms with Crippen LogP contribution in [0.5, 0.6) is 0 Å². The third-order valence-electron chi connectivity index (χ3n) is 10.5. The molecule has 2 aliphatic heterocycles. The fourth-order valence-corrected chi connectivity index (χ4v) is 9.17. The molecule has 0 N–H and O–H groups in total. The van der Waals surface area contributed by atoms with Crippen LogP contribution in [-0.2, 0) is 28.5 Å². The van der Waals surface area contributed by atoms with Crippen molar-refractivity contribution in [1.29, 1.82) is 0 Å². The van der Waals surface area contributed by atoms with Crippen molar-refractivity contribution < 1.29 is 28.5 Å². The quantitative estimate of drug-likeness (QED) is 0.580. The zero-order chi connectivity index (χ0) is 21.5. The molecule has 31 heavy (non-hydrogen) atoms. The van der Waals surface area contributed by atoms with E-state index in [4.69, 9.17) is 23.7 Å². The second-order valence-corrected chi connectivity index (χ2v) is 11.6. The van der Waals surface area contributed by atoms with Gasteiger partial charge in [-0.15, -0.1) is 0 Å². The molecule has 7 unspecified atom stereocenters. The van der Waals surface area contributed by atoms with Crippen LogP contribution in [-0.4, -0.2) is 50.1 Å². The Morgan fingerprint density at radius 2 is 1.55 bits per heavy atom. The van der Waals surface area contributed by atoms with E-state index in [1.54, 1.807) is 0 Å². The molecule has 0 aromatic heterocycles. The van der Waals surface area contributed by atoms with Gasteiger partial charge in [-0.2, -0.15) is 0 Å². The van der Waals surface area contributed by atoms with Crippen molar-refractivity contribution in [3.05, 3.63) is 0 Å². The lowest BCUT2D eigenvalue weighted by molar-refractivity contribution is -0.317.